The molecule has 1 aromatic carbocycles. The minimum Gasteiger partial charge on any atom is -0.358 e. The number of nitrogens with zero attached hydrogens (tertiary/aromatic N) is 1. The van der Waals surface area contributed by atoms with Gasteiger partial charge in [0.05, 0.1) is 5.56 Å². The van der Waals surface area contributed by atoms with Crippen molar-refractivity contribution in [1.29, 1.82) is 0 Å². The Morgan fingerprint density at radius 3 is 2.82 bits per heavy atom. The maximum Gasteiger partial charge on any atom is 0.255 e. The highest BCUT2D eigenvalue weighted by Crippen LogP contribution is 2.60. The summed E-state index contributed by atoms with van der Waals surface area (Å²) in [5, 5.41) is 0. The Morgan fingerprint density at radius 2 is 2.14 bits per heavy atom. The summed E-state index contributed by atoms with van der Waals surface area (Å²) < 4.78 is 0. The first kappa shape index (κ1) is 13.6. The van der Waals surface area contributed by atoms with Crippen LogP contribution < -0.4 is 0 Å². The Kier molecular flexibility index (Phi) is 2.93. The average molecular weight is 294 g/mol. The number of amides is 1. The molecule has 1 N–H and O–H groups in total. The number of aryl methyl sites for hydroxylation is 1. The molecule has 114 valence electrons. The molecule has 2 aromatic rings. The number of carbonyl (C=O) groups excluding carboxylic acids is 1. The number of hydrogen-bond acceptors (Lipinski definition) is 1. The lowest BCUT2D eigenvalue weighted by Crippen LogP contribution is -2.32. The van der Waals surface area contributed by atoms with Crippen LogP contribution in [0, 0.1) is 18.3 Å². The molecular formula is C19H22N2O. The van der Waals surface area contributed by atoms with Crippen LogP contribution in [0.4, 0.5) is 0 Å². The predicted molar refractivity (Wildman–Crippen MR) is 87.7 cm³/mol. The molecule has 0 unspecified atom stereocenters. The second-order valence-electron chi connectivity index (χ2n) is 6.89. The van der Waals surface area contributed by atoms with Crippen molar-refractivity contribution in [1.82, 2.24) is 9.88 Å². The first-order valence-electron chi connectivity index (χ1n) is 8.17. The summed E-state index contributed by atoms with van der Waals surface area (Å²) in [7, 11) is 0. The van der Waals surface area contributed by atoms with Gasteiger partial charge in [-0.3, -0.25) is 4.79 Å². The highest BCUT2D eigenvalue weighted by Gasteiger charge is 2.59. The van der Waals surface area contributed by atoms with Gasteiger partial charge in [-0.1, -0.05) is 37.3 Å². The Balaban J connectivity index is 1.58. The standard InChI is InChI=1S/C19H22N2O/c1-3-19-10-15(19)11-21(12-19)18(22)16-9-17(20-13(16)2)14-7-5-4-6-8-14/h4-9,15,20H,3,10-12H2,1-2H3/t15-,19+/m0/s1. The molecule has 0 bridgehead atoms. The van der Waals surface area contributed by atoms with Crippen molar-refractivity contribution >= 4 is 5.91 Å². The third kappa shape index (κ3) is 1.99. The van der Waals surface area contributed by atoms with Crippen LogP contribution in [-0.2, 0) is 0 Å². The molecule has 22 heavy (non-hydrogen) atoms. The Bertz CT molecular complexity index is 714. The molecule has 1 amide bonds. The topological polar surface area (TPSA) is 36.1 Å². The lowest BCUT2D eigenvalue weighted by molar-refractivity contribution is 0.0763. The highest BCUT2D eigenvalue weighted by molar-refractivity contribution is 5.97. The van der Waals surface area contributed by atoms with E-state index >= 15 is 0 Å². The van der Waals surface area contributed by atoms with Crippen molar-refractivity contribution in [3.63, 3.8) is 0 Å². The van der Waals surface area contributed by atoms with Gasteiger partial charge in [0.15, 0.2) is 0 Å². The number of benzene rings is 1. The second-order valence-corrected chi connectivity index (χ2v) is 6.89. The smallest absolute Gasteiger partial charge is 0.255 e. The molecule has 2 atom stereocenters. The van der Waals surface area contributed by atoms with E-state index in [1.807, 2.05) is 31.2 Å². The lowest BCUT2D eigenvalue weighted by Gasteiger charge is -2.20. The van der Waals surface area contributed by atoms with E-state index < -0.39 is 0 Å². The van der Waals surface area contributed by atoms with Crippen LogP contribution in [0.3, 0.4) is 0 Å². The number of aromatic nitrogens is 1. The molecule has 2 fully saturated rings. The zero-order chi connectivity index (χ0) is 15.3. The molecule has 3 nitrogen and oxygen atoms in total. The number of likely N-dealkylation sites (tertiary alicyclic amines) is 1. The molecule has 3 heteroatoms. The van der Waals surface area contributed by atoms with Crippen LogP contribution in [0.15, 0.2) is 36.4 Å². The molecule has 1 aliphatic carbocycles. The van der Waals surface area contributed by atoms with Gasteiger partial charge in [-0.15, -0.1) is 0 Å². The number of hydrogen-bond donors (Lipinski definition) is 1. The van der Waals surface area contributed by atoms with Gasteiger partial charge < -0.3 is 9.88 Å². The van der Waals surface area contributed by atoms with Crippen LogP contribution in [0.5, 0.6) is 0 Å². The van der Waals surface area contributed by atoms with E-state index in [9.17, 15) is 4.79 Å². The van der Waals surface area contributed by atoms with Crippen LogP contribution >= 0.6 is 0 Å². The van der Waals surface area contributed by atoms with Gasteiger partial charge in [-0.25, -0.2) is 0 Å². The van der Waals surface area contributed by atoms with Crippen molar-refractivity contribution < 1.29 is 4.79 Å². The molecule has 0 radical (unpaired) electrons. The summed E-state index contributed by atoms with van der Waals surface area (Å²) in [5.41, 5.74) is 4.39. The van der Waals surface area contributed by atoms with Crippen molar-refractivity contribution in [2.45, 2.75) is 26.7 Å². The third-order valence-electron chi connectivity index (χ3n) is 5.63. The van der Waals surface area contributed by atoms with Crippen LogP contribution in [0.1, 0.15) is 35.8 Å². The molecule has 1 saturated carbocycles. The summed E-state index contributed by atoms with van der Waals surface area (Å²) in [6.45, 7) is 6.13. The van der Waals surface area contributed by atoms with Gasteiger partial charge in [-0.05, 0) is 42.7 Å². The number of nitrogens with one attached hydrogen (secondary N) is 1. The molecule has 2 aliphatic rings. The SMILES string of the molecule is CC[C@]12C[C@H]1CN(C(=O)c1cc(-c3ccccc3)[nH]c1C)C2. The molecule has 0 spiro atoms. The number of fused-ring (bicyclic) bond motifs is 1. The van der Waals surface area contributed by atoms with Crippen LogP contribution in [0.2, 0.25) is 0 Å². The van der Waals surface area contributed by atoms with E-state index in [2.05, 4.69) is 28.9 Å². The van der Waals surface area contributed by atoms with E-state index in [0.29, 0.717) is 5.41 Å². The summed E-state index contributed by atoms with van der Waals surface area (Å²) >= 11 is 0. The molecule has 2 heterocycles. The molecule has 4 rings (SSSR count). The summed E-state index contributed by atoms with van der Waals surface area (Å²) in [6, 6.07) is 12.2. The maximum absolute atomic E-state index is 12.8. The normalized spacial score (nSPS) is 26.1. The number of H-pyrrole nitrogens is 1. The number of carbonyl (C=O) groups is 1. The molecule has 1 aliphatic heterocycles. The Morgan fingerprint density at radius 1 is 1.36 bits per heavy atom. The number of piperidine rings is 1. The fraction of sp³-hybridized carbons (Fsp3) is 0.421. The minimum atomic E-state index is 0.191. The molecule has 1 saturated heterocycles. The van der Waals surface area contributed by atoms with E-state index in [0.717, 1.165) is 41.5 Å². The summed E-state index contributed by atoms with van der Waals surface area (Å²) in [4.78, 5) is 18.3. The minimum absolute atomic E-state index is 0.191. The van der Waals surface area contributed by atoms with Gasteiger partial charge >= 0.3 is 0 Å². The van der Waals surface area contributed by atoms with Gasteiger partial charge in [0.2, 0.25) is 0 Å². The fourth-order valence-corrected chi connectivity index (χ4v) is 4.02. The van der Waals surface area contributed by atoms with Crippen molar-refractivity contribution in [2.24, 2.45) is 11.3 Å². The van der Waals surface area contributed by atoms with Crippen LogP contribution in [0.25, 0.3) is 11.3 Å². The van der Waals surface area contributed by atoms with Crippen molar-refractivity contribution in [3.05, 3.63) is 47.7 Å². The molecular weight excluding hydrogens is 272 g/mol. The zero-order valence-corrected chi connectivity index (χ0v) is 13.2. The first-order chi connectivity index (χ1) is 10.6. The predicted octanol–water partition coefficient (Wildman–Crippen LogP) is 3.86. The number of aromatic amines is 1. The van der Waals surface area contributed by atoms with E-state index in [4.69, 9.17) is 0 Å². The number of rotatable bonds is 3. The van der Waals surface area contributed by atoms with Crippen molar-refractivity contribution in [3.8, 4) is 11.3 Å². The third-order valence-corrected chi connectivity index (χ3v) is 5.63. The quantitative estimate of drug-likeness (QED) is 0.916. The monoisotopic (exact) mass is 294 g/mol. The van der Waals surface area contributed by atoms with Gasteiger partial charge in [0.25, 0.3) is 5.91 Å². The van der Waals surface area contributed by atoms with Crippen LogP contribution in [-0.4, -0.2) is 28.9 Å². The fourth-order valence-electron chi connectivity index (χ4n) is 4.02. The van der Waals surface area contributed by atoms with Gasteiger partial charge in [0, 0.05) is 24.5 Å². The Hall–Kier alpha value is -2.03. The lowest BCUT2D eigenvalue weighted by atomic mass is 10.0. The maximum atomic E-state index is 12.8. The van der Waals surface area contributed by atoms with E-state index in [1.54, 1.807) is 0 Å². The summed E-state index contributed by atoms with van der Waals surface area (Å²) in [5.74, 6) is 0.935. The van der Waals surface area contributed by atoms with E-state index in [-0.39, 0.29) is 5.91 Å². The van der Waals surface area contributed by atoms with E-state index in [1.165, 1.54) is 12.8 Å². The average Bonchev–Trinajstić information content (AvgIpc) is 2.91. The highest BCUT2D eigenvalue weighted by atomic mass is 16.2. The van der Waals surface area contributed by atoms with Gasteiger partial charge in [-0.2, -0.15) is 0 Å². The van der Waals surface area contributed by atoms with Crippen molar-refractivity contribution in [2.75, 3.05) is 13.1 Å². The Labute approximate surface area is 131 Å². The first-order valence-corrected chi connectivity index (χ1v) is 8.17. The molecule has 1 aromatic heterocycles. The zero-order valence-electron chi connectivity index (χ0n) is 13.2. The largest absolute Gasteiger partial charge is 0.358 e. The summed E-state index contributed by atoms with van der Waals surface area (Å²) in [6.07, 6.45) is 2.51. The second kappa shape index (κ2) is 4.73. The van der Waals surface area contributed by atoms with Gasteiger partial charge in [0.1, 0.15) is 0 Å².